The van der Waals surface area contributed by atoms with Crippen LogP contribution in [0.15, 0.2) is 24.5 Å². The van der Waals surface area contributed by atoms with Crippen molar-refractivity contribution >= 4 is 23.0 Å². The molecule has 0 aromatic carbocycles. The molecular weight excluding hydrogens is 222 g/mol. The molecule has 16 heavy (non-hydrogen) atoms. The number of ether oxygens (including phenoxy) is 1. The Morgan fingerprint density at radius 2 is 2.44 bits per heavy atom. The van der Waals surface area contributed by atoms with Crippen LogP contribution in [0.3, 0.4) is 0 Å². The molecule has 0 fully saturated rings. The number of carbonyl (C=O) groups is 1. The van der Waals surface area contributed by atoms with Crippen molar-refractivity contribution in [1.82, 2.24) is 4.98 Å². The lowest BCUT2D eigenvalue weighted by Gasteiger charge is -2.02. The van der Waals surface area contributed by atoms with E-state index in [1.165, 1.54) is 11.8 Å². The molecule has 0 N–H and O–H groups in total. The average Bonchev–Trinajstić information content (AvgIpc) is 2.29. The Morgan fingerprint density at radius 3 is 3.12 bits per heavy atom. The maximum atomic E-state index is 10.7. The van der Waals surface area contributed by atoms with E-state index in [4.69, 9.17) is 4.74 Å². The normalized spacial score (nSPS) is 10.6. The molecule has 1 aromatic heterocycles. The third kappa shape index (κ3) is 4.49. The van der Waals surface area contributed by atoms with Crippen LogP contribution in [0.1, 0.15) is 18.9 Å². The summed E-state index contributed by atoms with van der Waals surface area (Å²) < 4.78 is 5.19. The molecule has 0 saturated heterocycles. The van der Waals surface area contributed by atoms with Gasteiger partial charge in [-0.05, 0) is 12.5 Å². The molecule has 0 aliphatic heterocycles. The topological polar surface area (TPSA) is 39.2 Å². The van der Waals surface area contributed by atoms with Crippen LogP contribution in [0.2, 0.25) is 0 Å². The zero-order chi connectivity index (χ0) is 11.8. The minimum absolute atomic E-state index is 0.160. The molecule has 0 unspecified atom stereocenters. The number of aromatic nitrogens is 1. The predicted octanol–water partition coefficient (Wildman–Crippen LogP) is 2.77. The number of rotatable bonds is 5. The molecule has 0 aliphatic carbocycles. The highest BCUT2D eigenvalue weighted by atomic mass is 32.2. The molecule has 0 spiro atoms. The van der Waals surface area contributed by atoms with E-state index in [2.05, 4.69) is 4.98 Å². The van der Waals surface area contributed by atoms with E-state index in [0.29, 0.717) is 0 Å². The largest absolute Gasteiger partial charge is 0.496 e. The van der Waals surface area contributed by atoms with Crippen LogP contribution in [0.25, 0.3) is 6.08 Å². The van der Waals surface area contributed by atoms with Gasteiger partial charge in [-0.15, -0.1) is 0 Å². The van der Waals surface area contributed by atoms with Crippen LogP contribution in [0.4, 0.5) is 0 Å². The first-order chi connectivity index (χ1) is 7.74. The van der Waals surface area contributed by atoms with Crippen molar-refractivity contribution < 1.29 is 9.53 Å². The standard InChI is InChI=1S/C12H15NO2S/c1-10(14)16-8-4-3-5-11-9-13-7-6-12(11)15-2/h3,5-7,9H,4,8H2,1-2H3. The van der Waals surface area contributed by atoms with Crippen LogP contribution in [-0.4, -0.2) is 23.0 Å². The Bertz CT molecular complexity index is 377. The number of hydrogen-bond donors (Lipinski definition) is 0. The van der Waals surface area contributed by atoms with Gasteiger partial charge in [-0.1, -0.05) is 23.9 Å². The van der Waals surface area contributed by atoms with Crippen molar-refractivity contribution in [2.24, 2.45) is 0 Å². The third-order valence-corrected chi connectivity index (χ3v) is 2.76. The van der Waals surface area contributed by atoms with Crippen LogP contribution < -0.4 is 4.74 Å². The van der Waals surface area contributed by atoms with Gasteiger partial charge in [0, 0.05) is 30.6 Å². The number of allylic oxidation sites excluding steroid dienone is 1. The van der Waals surface area contributed by atoms with Gasteiger partial charge in [0.15, 0.2) is 5.12 Å². The first-order valence-electron chi connectivity index (χ1n) is 5.02. The van der Waals surface area contributed by atoms with Crippen molar-refractivity contribution in [3.63, 3.8) is 0 Å². The Hall–Kier alpha value is -1.29. The lowest BCUT2D eigenvalue weighted by Crippen LogP contribution is -1.87. The lowest BCUT2D eigenvalue weighted by atomic mass is 10.2. The third-order valence-electron chi connectivity index (χ3n) is 1.92. The Morgan fingerprint density at radius 1 is 1.62 bits per heavy atom. The summed E-state index contributed by atoms with van der Waals surface area (Å²) in [4.78, 5) is 14.7. The Labute approximate surface area is 99.9 Å². The van der Waals surface area contributed by atoms with E-state index in [1.54, 1.807) is 26.4 Å². The molecule has 0 bridgehead atoms. The Balaban J connectivity index is 2.46. The summed E-state index contributed by atoms with van der Waals surface area (Å²) in [6.45, 7) is 1.58. The number of hydrogen-bond acceptors (Lipinski definition) is 4. The number of carbonyl (C=O) groups excluding carboxylic acids is 1. The average molecular weight is 237 g/mol. The van der Waals surface area contributed by atoms with Crippen molar-refractivity contribution in [2.75, 3.05) is 12.9 Å². The summed E-state index contributed by atoms with van der Waals surface area (Å²) in [5, 5.41) is 0.160. The summed E-state index contributed by atoms with van der Waals surface area (Å²) >= 11 is 1.34. The van der Waals surface area contributed by atoms with Gasteiger partial charge in [0.2, 0.25) is 0 Å². The summed E-state index contributed by atoms with van der Waals surface area (Å²) in [7, 11) is 1.64. The highest BCUT2D eigenvalue weighted by molar-refractivity contribution is 8.13. The summed E-state index contributed by atoms with van der Waals surface area (Å²) in [5.74, 6) is 1.62. The van der Waals surface area contributed by atoms with Gasteiger partial charge in [-0.25, -0.2) is 0 Å². The fourth-order valence-corrected chi connectivity index (χ4v) is 1.73. The maximum absolute atomic E-state index is 10.7. The summed E-state index contributed by atoms with van der Waals surface area (Å²) in [6.07, 6.45) is 8.31. The van der Waals surface area contributed by atoms with Crippen molar-refractivity contribution in [3.8, 4) is 5.75 Å². The van der Waals surface area contributed by atoms with Gasteiger partial charge in [0.05, 0.1) is 7.11 Å². The molecule has 1 rings (SSSR count). The molecule has 4 heteroatoms. The second-order valence-corrected chi connectivity index (χ2v) is 4.42. The molecule has 1 heterocycles. The van der Waals surface area contributed by atoms with Gasteiger partial charge in [0.25, 0.3) is 0 Å². The van der Waals surface area contributed by atoms with E-state index >= 15 is 0 Å². The predicted molar refractivity (Wildman–Crippen MR) is 67.6 cm³/mol. The van der Waals surface area contributed by atoms with Crippen LogP contribution in [-0.2, 0) is 4.79 Å². The van der Waals surface area contributed by atoms with E-state index in [0.717, 1.165) is 23.5 Å². The second kappa shape index (κ2) is 7.06. The zero-order valence-electron chi connectivity index (χ0n) is 9.47. The van der Waals surface area contributed by atoms with Crippen molar-refractivity contribution in [3.05, 3.63) is 30.1 Å². The number of pyridine rings is 1. The highest BCUT2D eigenvalue weighted by Crippen LogP contribution is 2.17. The van der Waals surface area contributed by atoms with Crippen LogP contribution >= 0.6 is 11.8 Å². The second-order valence-electron chi connectivity index (χ2n) is 3.15. The fraction of sp³-hybridized carbons (Fsp3) is 0.333. The van der Waals surface area contributed by atoms with Crippen LogP contribution in [0.5, 0.6) is 5.75 Å². The molecular formula is C12H15NO2S. The summed E-state index contributed by atoms with van der Waals surface area (Å²) in [6, 6.07) is 1.82. The zero-order valence-corrected chi connectivity index (χ0v) is 10.3. The minimum Gasteiger partial charge on any atom is -0.496 e. The van der Waals surface area contributed by atoms with Crippen molar-refractivity contribution in [2.45, 2.75) is 13.3 Å². The first kappa shape index (κ1) is 12.8. The number of nitrogens with zero attached hydrogens (tertiary/aromatic N) is 1. The summed E-state index contributed by atoms with van der Waals surface area (Å²) in [5.41, 5.74) is 0.956. The Kier molecular flexibility index (Phi) is 5.64. The smallest absolute Gasteiger partial charge is 0.185 e. The molecule has 0 aliphatic rings. The number of methoxy groups -OCH3 is 1. The van der Waals surface area contributed by atoms with Gasteiger partial charge in [-0.3, -0.25) is 9.78 Å². The van der Waals surface area contributed by atoms with Gasteiger partial charge in [-0.2, -0.15) is 0 Å². The molecule has 1 aromatic rings. The lowest BCUT2D eigenvalue weighted by molar-refractivity contribution is -0.109. The monoisotopic (exact) mass is 237 g/mol. The molecule has 0 amide bonds. The van der Waals surface area contributed by atoms with Gasteiger partial charge in [0.1, 0.15) is 5.75 Å². The van der Waals surface area contributed by atoms with Crippen LogP contribution in [0, 0.1) is 0 Å². The van der Waals surface area contributed by atoms with E-state index in [9.17, 15) is 4.79 Å². The maximum Gasteiger partial charge on any atom is 0.185 e. The first-order valence-corrected chi connectivity index (χ1v) is 6.00. The SMILES string of the molecule is COc1ccncc1C=CCCSC(C)=O. The quantitative estimate of drug-likeness (QED) is 0.738. The highest BCUT2D eigenvalue weighted by Gasteiger charge is 1.97. The van der Waals surface area contributed by atoms with E-state index in [1.807, 2.05) is 18.2 Å². The fourth-order valence-electron chi connectivity index (χ4n) is 1.19. The molecule has 86 valence electrons. The molecule has 0 radical (unpaired) electrons. The number of thioether (sulfide) groups is 1. The molecule has 0 saturated carbocycles. The van der Waals surface area contributed by atoms with E-state index in [-0.39, 0.29) is 5.12 Å². The molecule has 0 atom stereocenters. The minimum atomic E-state index is 0.160. The van der Waals surface area contributed by atoms with Gasteiger partial charge >= 0.3 is 0 Å². The van der Waals surface area contributed by atoms with Gasteiger partial charge < -0.3 is 4.74 Å². The van der Waals surface area contributed by atoms with Crippen molar-refractivity contribution in [1.29, 1.82) is 0 Å². The van der Waals surface area contributed by atoms with E-state index < -0.39 is 0 Å². The molecule has 3 nitrogen and oxygen atoms in total.